The fraction of sp³-hybridized carbons (Fsp3) is 1.00. The molecular weight excluding hydrogens is 222 g/mol. The zero-order valence-corrected chi connectivity index (χ0v) is 6.32. The van der Waals surface area contributed by atoms with Gasteiger partial charge in [0, 0.05) is 0 Å². The molecule has 0 rings (SSSR count). The number of rotatable bonds is 3. The number of alkyl halides is 2. The maximum Gasteiger partial charge on any atom is 0.399 e. The summed E-state index contributed by atoms with van der Waals surface area (Å²) < 4.78 is 69.2. The first-order chi connectivity index (χ1) is 4.43. The van der Waals surface area contributed by atoms with Crippen LogP contribution in [-0.2, 0) is 4.18 Å². The van der Waals surface area contributed by atoms with Crippen LogP contribution in [0.2, 0.25) is 0 Å². The summed E-state index contributed by atoms with van der Waals surface area (Å²) in [6, 6.07) is 0. The first-order valence-corrected chi connectivity index (χ1v) is 4.48. The van der Waals surface area contributed by atoms with Crippen molar-refractivity contribution in [1.29, 1.82) is 0 Å². The maximum atomic E-state index is 11.6. The van der Waals surface area contributed by atoms with Gasteiger partial charge in [-0.25, -0.2) is 8.57 Å². The van der Waals surface area contributed by atoms with Crippen molar-refractivity contribution in [3.63, 3.8) is 0 Å². The molecule has 0 aliphatic heterocycles. The van der Waals surface area contributed by atoms with Crippen molar-refractivity contribution in [2.75, 3.05) is 5.88 Å². The Kier molecular flexibility index (Phi) is 2.14. The fourth-order valence-electron chi connectivity index (χ4n) is 0.223. The standard InChI is InChI=1S/C2H3ClF6OS/c3-1-2(4)10-11(5,6,7,8)9/h2H,1H2. The van der Waals surface area contributed by atoms with Gasteiger partial charge in [0.25, 0.3) is 0 Å². The number of hydrogen-bond acceptors (Lipinski definition) is 1. The summed E-state index contributed by atoms with van der Waals surface area (Å²) in [7, 11) is -10.1. The summed E-state index contributed by atoms with van der Waals surface area (Å²) >= 11 is 4.47. The first-order valence-electron chi connectivity index (χ1n) is 2.07. The van der Waals surface area contributed by atoms with Gasteiger partial charge in [-0.3, -0.25) is 0 Å². The Morgan fingerprint density at radius 3 is 1.64 bits per heavy atom. The van der Waals surface area contributed by atoms with E-state index in [9.17, 15) is 23.8 Å². The third-order valence-electron chi connectivity index (χ3n) is 0.408. The molecule has 11 heavy (non-hydrogen) atoms. The van der Waals surface area contributed by atoms with Crippen molar-refractivity contribution in [3.8, 4) is 0 Å². The molecule has 0 spiro atoms. The lowest BCUT2D eigenvalue weighted by molar-refractivity contribution is 0.0288. The third-order valence-corrected chi connectivity index (χ3v) is 1.22. The van der Waals surface area contributed by atoms with E-state index in [1.807, 2.05) is 4.18 Å². The summed E-state index contributed by atoms with van der Waals surface area (Å²) in [6.07, 6.45) is -3.23. The lowest BCUT2D eigenvalue weighted by atomic mass is 10.8. The molecule has 0 aliphatic rings. The second-order valence-electron chi connectivity index (χ2n) is 1.56. The van der Waals surface area contributed by atoms with Crippen LogP contribution in [0.1, 0.15) is 0 Å². The fourth-order valence-corrected chi connectivity index (χ4v) is 0.823. The van der Waals surface area contributed by atoms with Crippen molar-refractivity contribution < 1.29 is 28.0 Å². The smallest absolute Gasteiger partial charge is 0.213 e. The summed E-state index contributed by atoms with van der Waals surface area (Å²) in [5.41, 5.74) is 0. The van der Waals surface area contributed by atoms with Gasteiger partial charge < -0.3 is 0 Å². The van der Waals surface area contributed by atoms with E-state index in [1.54, 1.807) is 0 Å². The monoisotopic (exact) mass is 224 g/mol. The molecule has 72 valence electrons. The first kappa shape index (κ1) is 11.2. The highest BCUT2D eigenvalue weighted by molar-refractivity contribution is 8.42. The van der Waals surface area contributed by atoms with Crippen LogP contribution in [-0.4, -0.2) is 12.2 Å². The lowest BCUT2D eigenvalue weighted by Gasteiger charge is -2.39. The zero-order valence-electron chi connectivity index (χ0n) is 4.75. The Morgan fingerprint density at radius 2 is 1.55 bits per heavy atom. The van der Waals surface area contributed by atoms with E-state index in [-0.39, 0.29) is 0 Å². The van der Waals surface area contributed by atoms with Gasteiger partial charge in [0.1, 0.15) is 0 Å². The van der Waals surface area contributed by atoms with Gasteiger partial charge in [-0.15, -0.1) is 11.6 Å². The minimum Gasteiger partial charge on any atom is -0.213 e. The molecule has 0 bridgehead atoms. The van der Waals surface area contributed by atoms with Crippen LogP contribution < -0.4 is 0 Å². The van der Waals surface area contributed by atoms with Crippen molar-refractivity contribution in [2.45, 2.75) is 6.36 Å². The van der Waals surface area contributed by atoms with E-state index in [4.69, 9.17) is 0 Å². The van der Waals surface area contributed by atoms with Crippen molar-refractivity contribution in [3.05, 3.63) is 0 Å². The van der Waals surface area contributed by atoms with E-state index in [2.05, 4.69) is 11.6 Å². The van der Waals surface area contributed by atoms with Gasteiger partial charge in [0.15, 0.2) is 0 Å². The Bertz CT molecular complexity index is 149. The number of hydrogen-bond donors (Lipinski definition) is 0. The molecule has 0 amide bonds. The molecule has 0 fully saturated rings. The Hall–Kier alpha value is 0.180. The van der Waals surface area contributed by atoms with Crippen molar-refractivity contribution in [1.82, 2.24) is 0 Å². The average Bonchev–Trinajstić information content (AvgIpc) is 1.57. The maximum absolute atomic E-state index is 11.6. The van der Waals surface area contributed by atoms with E-state index in [0.717, 1.165) is 0 Å². The lowest BCUT2D eigenvalue weighted by Crippen LogP contribution is -2.18. The molecule has 0 aromatic rings. The molecular formula is C2H3ClF6OS. The van der Waals surface area contributed by atoms with Crippen molar-refractivity contribution in [2.24, 2.45) is 0 Å². The van der Waals surface area contributed by atoms with Crippen LogP contribution >= 0.6 is 22.1 Å². The highest BCUT2D eigenvalue weighted by Gasteiger charge is 2.67. The molecule has 0 aliphatic carbocycles. The average molecular weight is 225 g/mol. The van der Waals surface area contributed by atoms with Crippen LogP contribution in [0.5, 0.6) is 0 Å². The summed E-state index contributed by atoms with van der Waals surface area (Å²) in [6.45, 7) is 0. The van der Waals surface area contributed by atoms with Gasteiger partial charge in [-0.2, -0.15) is 0 Å². The zero-order chi connectivity index (χ0) is 9.40. The summed E-state index contributed by atoms with van der Waals surface area (Å²) in [4.78, 5) is 0. The molecule has 9 heteroatoms. The van der Waals surface area contributed by atoms with Crippen molar-refractivity contribution >= 4 is 22.1 Å². The van der Waals surface area contributed by atoms with Gasteiger partial charge >= 0.3 is 10.5 Å². The van der Waals surface area contributed by atoms with Crippen LogP contribution in [0.15, 0.2) is 0 Å². The second-order valence-corrected chi connectivity index (χ2v) is 3.86. The molecule has 0 heterocycles. The molecule has 0 aromatic heterocycles. The van der Waals surface area contributed by atoms with Crippen LogP contribution in [0.25, 0.3) is 0 Å². The number of halogens is 7. The van der Waals surface area contributed by atoms with Crippen LogP contribution in [0.3, 0.4) is 0 Å². The topological polar surface area (TPSA) is 9.23 Å². The van der Waals surface area contributed by atoms with E-state index in [0.29, 0.717) is 0 Å². The molecule has 0 saturated heterocycles. The largest absolute Gasteiger partial charge is 0.399 e. The minimum absolute atomic E-state index is 1.30. The molecule has 0 radical (unpaired) electrons. The van der Waals surface area contributed by atoms with Gasteiger partial charge in [-0.05, 0) is 0 Å². The minimum atomic E-state index is -10.1. The molecule has 0 saturated carbocycles. The molecule has 0 aromatic carbocycles. The Labute approximate surface area is 63.2 Å². The second kappa shape index (κ2) is 2.11. The Morgan fingerprint density at radius 1 is 1.18 bits per heavy atom. The van der Waals surface area contributed by atoms with Gasteiger partial charge in [0.2, 0.25) is 6.36 Å². The molecule has 0 N–H and O–H groups in total. The Balaban J connectivity index is 4.38. The normalized spacial score (nSPS) is 22.1. The highest BCUT2D eigenvalue weighted by Crippen LogP contribution is 2.98. The third kappa shape index (κ3) is 8.08. The van der Waals surface area contributed by atoms with Crippen LogP contribution in [0.4, 0.5) is 23.8 Å². The summed E-state index contributed by atoms with van der Waals surface area (Å²) in [5.74, 6) is -1.30. The molecule has 1 unspecified atom stereocenters. The van der Waals surface area contributed by atoms with Gasteiger partial charge in [0.05, 0.1) is 5.88 Å². The quantitative estimate of drug-likeness (QED) is 0.524. The van der Waals surface area contributed by atoms with Gasteiger partial charge in [-0.1, -0.05) is 19.4 Å². The van der Waals surface area contributed by atoms with E-state index >= 15 is 0 Å². The van der Waals surface area contributed by atoms with E-state index < -0.39 is 22.7 Å². The van der Waals surface area contributed by atoms with E-state index in [1.165, 1.54) is 0 Å². The molecule has 1 atom stereocenters. The highest BCUT2D eigenvalue weighted by atomic mass is 35.5. The van der Waals surface area contributed by atoms with Crippen LogP contribution in [0, 0.1) is 0 Å². The predicted molar refractivity (Wildman–Crippen MR) is 29.8 cm³/mol. The SMILES string of the molecule is FC(CCl)OS(F)(F)(F)(F)F. The molecule has 1 nitrogen and oxygen atoms in total. The predicted octanol–water partition coefficient (Wildman–Crippen LogP) is 3.75. The summed E-state index contributed by atoms with van der Waals surface area (Å²) in [5, 5.41) is 0.